The van der Waals surface area contributed by atoms with Gasteiger partial charge in [-0.1, -0.05) is 31.2 Å². The molecule has 0 spiro atoms. The average Bonchev–Trinajstić information content (AvgIpc) is 3.05. The van der Waals surface area contributed by atoms with Gasteiger partial charge in [0.2, 0.25) is 0 Å². The molecule has 1 aromatic carbocycles. The van der Waals surface area contributed by atoms with Gasteiger partial charge in [-0.2, -0.15) is 0 Å². The van der Waals surface area contributed by atoms with Crippen molar-refractivity contribution in [2.24, 2.45) is 0 Å². The molecule has 0 radical (unpaired) electrons. The molecule has 2 heterocycles. The SMILES string of the molecule is CCCN(C(=O)c1ccc2nnc(C)n2c1)C1CCc2ccccc2C1. The van der Waals surface area contributed by atoms with Crippen LogP contribution in [0, 0.1) is 6.92 Å². The molecule has 1 aliphatic rings. The maximum absolute atomic E-state index is 13.3. The summed E-state index contributed by atoms with van der Waals surface area (Å²) >= 11 is 0. The van der Waals surface area contributed by atoms with Gasteiger partial charge in [0.25, 0.3) is 5.91 Å². The summed E-state index contributed by atoms with van der Waals surface area (Å²) in [5, 5.41) is 8.18. The summed E-state index contributed by atoms with van der Waals surface area (Å²) in [6.45, 7) is 4.81. The standard InChI is InChI=1S/C21H24N4O/c1-3-12-24(19-10-8-16-6-4-5-7-17(16)13-19)21(26)18-9-11-20-23-22-15(2)25(20)14-18/h4-7,9,11,14,19H,3,8,10,12-13H2,1-2H3. The van der Waals surface area contributed by atoms with E-state index in [0.717, 1.165) is 43.7 Å². The molecule has 0 saturated heterocycles. The molecule has 4 rings (SSSR count). The second-order valence-electron chi connectivity index (χ2n) is 7.06. The van der Waals surface area contributed by atoms with Gasteiger partial charge in [-0.3, -0.25) is 9.20 Å². The number of carbonyl (C=O) groups excluding carboxylic acids is 1. The smallest absolute Gasteiger partial charge is 0.255 e. The zero-order valence-corrected chi connectivity index (χ0v) is 15.4. The van der Waals surface area contributed by atoms with Crippen LogP contribution in [0.25, 0.3) is 5.65 Å². The van der Waals surface area contributed by atoms with Gasteiger partial charge < -0.3 is 4.90 Å². The van der Waals surface area contributed by atoms with E-state index in [1.165, 1.54) is 11.1 Å². The number of nitrogens with zero attached hydrogens (tertiary/aromatic N) is 4. The van der Waals surface area contributed by atoms with Gasteiger partial charge in [0.1, 0.15) is 5.82 Å². The Bertz CT molecular complexity index is 946. The Labute approximate surface area is 153 Å². The number of rotatable bonds is 4. The van der Waals surface area contributed by atoms with Crippen LogP contribution in [0.2, 0.25) is 0 Å². The first-order valence-corrected chi connectivity index (χ1v) is 9.36. The third kappa shape index (κ3) is 2.98. The number of hydrogen-bond acceptors (Lipinski definition) is 3. The Morgan fingerprint density at radius 2 is 2.00 bits per heavy atom. The van der Waals surface area contributed by atoms with Crippen LogP contribution in [-0.4, -0.2) is 38.0 Å². The van der Waals surface area contributed by atoms with Crippen LogP contribution in [0.15, 0.2) is 42.6 Å². The van der Waals surface area contributed by atoms with E-state index < -0.39 is 0 Å². The molecule has 26 heavy (non-hydrogen) atoms. The third-order valence-corrected chi connectivity index (χ3v) is 5.31. The molecule has 5 nitrogen and oxygen atoms in total. The minimum atomic E-state index is 0.103. The first kappa shape index (κ1) is 16.8. The number of aryl methyl sites for hydroxylation is 2. The van der Waals surface area contributed by atoms with E-state index in [0.29, 0.717) is 5.56 Å². The number of pyridine rings is 1. The molecule has 0 saturated carbocycles. The van der Waals surface area contributed by atoms with Crippen molar-refractivity contribution in [2.75, 3.05) is 6.54 Å². The van der Waals surface area contributed by atoms with Gasteiger partial charge in [-0.15, -0.1) is 10.2 Å². The summed E-state index contributed by atoms with van der Waals surface area (Å²) < 4.78 is 1.88. The van der Waals surface area contributed by atoms with Crippen molar-refractivity contribution in [1.29, 1.82) is 0 Å². The number of aromatic nitrogens is 3. The molecule has 0 aliphatic heterocycles. The molecule has 1 amide bonds. The quantitative estimate of drug-likeness (QED) is 0.726. The molecule has 2 aromatic heterocycles. The summed E-state index contributed by atoms with van der Waals surface area (Å²) in [5.41, 5.74) is 4.28. The Hall–Kier alpha value is -2.69. The fourth-order valence-corrected chi connectivity index (χ4v) is 3.93. The number of hydrogen-bond donors (Lipinski definition) is 0. The summed E-state index contributed by atoms with van der Waals surface area (Å²) in [6.07, 6.45) is 5.83. The summed E-state index contributed by atoms with van der Waals surface area (Å²) in [6, 6.07) is 12.6. The second-order valence-corrected chi connectivity index (χ2v) is 7.06. The van der Waals surface area contributed by atoms with Gasteiger partial charge >= 0.3 is 0 Å². The van der Waals surface area contributed by atoms with Crippen LogP contribution >= 0.6 is 0 Å². The molecule has 3 aromatic rings. The summed E-state index contributed by atoms with van der Waals surface area (Å²) in [5.74, 6) is 0.898. The van der Waals surface area contributed by atoms with Gasteiger partial charge in [0.15, 0.2) is 5.65 Å². The molecular weight excluding hydrogens is 324 g/mol. The molecule has 1 unspecified atom stereocenters. The van der Waals surface area contributed by atoms with Gasteiger partial charge in [-0.25, -0.2) is 0 Å². The van der Waals surface area contributed by atoms with Crippen molar-refractivity contribution < 1.29 is 4.79 Å². The van der Waals surface area contributed by atoms with Crippen molar-refractivity contribution in [2.45, 2.75) is 45.6 Å². The van der Waals surface area contributed by atoms with Crippen LogP contribution in [0.4, 0.5) is 0 Å². The van der Waals surface area contributed by atoms with Crippen LogP contribution in [0.3, 0.4) is 0 Å². The second kappa shape index (κ2) is 6.90. The molecule has 0 bridgehead atoms. The average molecular weight is 348 g/mol. The fraction of sp³-hybridized carbons (Fsp3) is 0.381. The number of carbonyl (C=O) groups is 1. The lowest BCUT2D eigenvalue weighted by atomic mass is 9.87. The Balaban J connectivity index is 1.63. The molecule has 1 atom stereocenters. The van der Waals surface area contributed by atoms with Crippen LogP contribution in [-0.2, 0) is 12.8 Å². The lowest BCUT2D eigenvalue weighted by Crippen LogP contribution is -2.44. The highest BCUT2D eigenvalue weighted by Crippen LogP contribution is 2.26. The minimum Gasteiger partial charge on any atom is -0.335 e. The highest BCUT2D eigenvalue weighted by atomic mass is 16.2. The first-order valence-electron chi connectivity index (χ1n) is 9.36. The van der Waals surface area contributed by atoms with Crippen molar-refractivity contribution in [1.82, 2.24) is 19.5 Å². The van der Waals surface area contributed by atoms with E-state index >= 15 is 0 Å². The molecular formula is C21H24N4O. The lowest BCUT2D eigenvalue weighted by molar-refractivity contribution is 0.0661. The minimum absolute atomic E-state index is 0.103. The topological polar surface area (TPSA) is 50.5 Å². The normalized spacial score (nSPS) is 16.5. The van der Waals surface area contributed by atoms with Crippen LogP contribution in [0.5, 0.6) is 0 Å². The third-order valence-electron chi connectivity index (χ3n) is 5.31. The zero-order valence-electron chi connectivity index (χ0n) is 15.4. The predicted molar refractivity (Wildman–Crippen MR) is 101 cm³/mol. The molecule has 134 valence electrons. The highest BCUT2D eigenvalue weighted by Gasteiger charge is 2.28. The maximum Gasteiger partial charge on any atom is 0.255 e. The van der Waals surface area contributed by atoms with E-state index in [9.17, 15) is 4.79 Å². The summed E-state index contributed by atoms with van der Waals surface area (Å²) in [4.78, 5) is 15.4. The predicted octanol–water partition coefficient (Wildman–Crippen LogP) is 3.45. The van der Waals surface area contributed by atoms with Gasteiger partial charge in [0.05, 0.1) is 5.56 Å². The fourth-order valence-electron chi connectivity index (χ4n) is 3.93. The monoisotopic (exact) mass is 348 g/mol. The molecule has 0 N–H and O–H groups in total. The van der Waals surface area contributed by atoms with Gasteiger partial charge in [0, 0.05) is 18.8 Å². The van der Waals surface area contributed by atoms with E-state index in [4.69, 9.17) is 0 Å². The van der Waals surface area contributed by atoms with Crippen molar-refractivity contribution in [3.8, 4) is 0 Å². The number of fused-ring (bicyclic) bond motifs is 2. The highest BCUT2D eigenvalue weighted by molar-refractivity contribution is 5.94. The summed E-state index contributed by atoms with van der Waals surface area (Å²) in [7, 11) is 0. The van der Waals surface area contributed by atoms with E-state index in [2.05, 4.69) is 46.3 Å². The number of benzene rings is 1. The lowest BCUT2D eigenvalue weighted by Gasteiger charge is -2.35. The zero-order chi connectivity index (χ0) is 18.1. The van der Waals surface area contributed by atoms with Crippen LogP contribution < -0.4 is 0 Å². The van der Waals surface area contributed by atoms with E-state index in [1.807, 2.05) is 29.7 Å². The first-order chi connectivity index (χ1) is 12.7. The molecule has 5 heteroatoms. The van der Waals surface area contributed by atoms with Crippen LogP contribution in [0.1, 0.15) is 47.1 Å². The van der Waals surface area contributed by atoms with Crippen molar-refractivity contribution >= 4 is 11.6 Å². The molecule has 0 fully saturated rings. The Kier molecular flexibility index (Phi) is 4.45. The maximum atomic E-state index is 13.3. The van der Waals surface area contributed by atoms with E-state index in [1.54, 1.807) is 0 Å². The van der Waals surface area contributed by atoms with Crippen molar-refractivity contribution in [3.05, 3.63) is 65.1 Å². The van der Waals surface area contributed by atoms with Crippen molar-refractivity contribution in [3.63, 3.8) is 0 Å². The molecule has 1 aliphatic carbocycles. The Morgan fingerprint density at radius 3 is 2.81 bits per heavy atom. The largest absolute Gasteiger partial charge is 0.335 e. The number of amides is 1. The van der Waals surface area contributed by atoms with E-state index in [-0.39, 0.29) is 11.9 Å². The Morgan fingerprint density at radius 1 is 1.19 bits per heavy atom. The van der Waals surface area contributed by atoms with Gasteiger partial charge in [-0.05, 0) is 55.9 Å².